The van der Waals surface area contributed by atoms with E-state index in [-0.39, 0.29) is 22.3 Å². The fourth-order valence-electron chi connectivity index (χ4n) is 4.31. The molecule has 1 amide bonds. The summed E-state index contributed by atoms with van der Waals surface area (Å²) in [5.41, 5.74) is 2.28. The van der Waals surface area contributed by atoms with E-state index in [0.29, 0.717) is 18.8 Å². The summed E-state index contributed by atoms with van der Waals surface area (Å²) in [7, 11) is -1.22. The molecule has 0 aromatic heterocycles. The van der Waals surface area contributed by atoms with Gasteiger partial charge in [0.2, 0.25) is 0 Å². The van der Waals surface area contributed by atoms with Crippen molar-refractivity contribution in [1.29, 1.82) is 0 Å². The molecule has 1 saturated heterocycles. The fraction of sp³-hybridized carbons (Fsp3) is 0.652. The lowest BCUT2D eigenvalue weighted by Gasteiger charge is -2.44. The number of hydrogen-bond acceptors (Lipinski definition) is 3. The van der Waals surface area contributed by atoms with Crippen molar-refractivity contribution in [2.75, 3.05) is 13.1 Å². The van der Waals surface area contributed by atoms with Gasteiger partial charge in [0.05, 0.1) is 28.3 Å². The van der Waals surface area contributed by atoms with Crippen LogP contribution in [0.15, 0.2) is 18.2 Å². The highest BCUT2D eigenvalue weighted by molar-refractivity contribution is 7.84. The number of nitrogens with zero attached hydrogens (tertiary/aromatic N) is 2. The Morgan fingerprint density at radius 2 is 1.87 bits per heavy atom. The normalized spacial score (nSPS) is 21.8. The summed E-state index contributed by atoms with van der Waals surface area (Å²) in [5, 5.41) is 0. The van der Waals surface area contributed by atoms with Crippen LogP contribution in [0.25, 0.3) is 4.85 Å². The average molecular weight is 432 g/mol. The molecule has 2 aliphatic rings. The van der Waals surface area contributed by atoms with Crippen LogP contribution in [-0.2, 0) is 22.1 Å². The molecule has 1 fully saturated rings. The molecule has 1 heterocycles. The Morgan fingerprint density at radius 1 is 1.23 bits per heavy atom. The second kappa shape index (κ2) is 7.97. The third kappa shape index (κ3) is 4.70. The van der Waals surface area contributed by atoms with E-state index in [2.05, 4.69) is 9.57 Å². The van der Waals surface area contributed by atoms with Crippen LogP contribution in [0.2, 0.25) is 0 Å². The van der Waals surface area contributed by atoms with E-state index in [1.807, 2.05) is 59.7 Å². The molecule has 164 valence electrons. The van der Waals surface area contributed by atoms with Crippen LogP contribution >= 0.6 is 0 Å². The SMILES string of the molecule is [C-]#[N+]c1ccc2c(c1)CC1(CCN(C(=O)OC(C)(C)C)CC1)[C@@H]2N[S@](=O)C(C)(C)C. The quantitative estimate of drug-likeness (QED) is 0.677. The number of rotatable bonds is 2. The lowest BCUT2D eigenvalue weighted by atomic mass is 9.73. The van der Waals surface area contributed by atoms with E-state index in [1.165, 1.54) is 0 Å². The lowest BCUT2D eigenvalue weighted by molar-refractivity contribution is 0.00724. The zero-order chi connectivity index (χ0) is 22.3. The molecule has 3 rings (SSSR count). The van der Waals surface area contributed by atoms with Gasteiger partial charge in [-0.25, -0.2) is 18.6 Å². The van der Waals surface area contributed by atoms with Gasteiger partial charge in [0, 0.05) is 13.1 Å². The van der Waals surface area contributed by atoms with Crippen molar-refractivity contribution in [3.63, 3.8) is 0 Å². The molecule has 6 nitrogen and oxygen atoms in total. The van der Waals surface area contributed by atoms with Gasteiger partial charge in [-0.1, -0.05) is 23.8 Å². The highest BCUT2D eigenvalue weighted by Gasteiger charge is 2.49. The maximum Gasteiger partial charge on any atom is 0.410 e. The minimum absolute atomic E-state index is 0.0619. The van der Waals surface area contributed by atoms with E-state index < -0.39 is 16.6 Å². The highest BCUT2D eigenvalue weighted by Crippen LogP contribution is 2.53. The fourth-order valence-corrected chi connectivity index (χ4v) is 5.25. The van der Waals surface area contributed by atoms with Crippen LogP contribution < -0.4 is 4.72 Å². The first-order chi connectivity index (χ1) is 13.8. The Labute approximate surface area is 182 Å². The zero-order valence-electron chi connectivity index (χ0n) is 18.9. The van der Waals surface area contributed by atoms with E-state index in [9.17, 15) is 9.00 Å². The Kier molecular flexibility index (Phi) is 6.05. The topological polar surface area (TPSA) is 63.0 Å². The van der Waals surface area contributed by atoms with E-state index in [4.69, 9.17) is 11.3 Å². The number of benzene rings is 1. The summed E-state index contributed by atoms with van der Waals surface area (Å²) < 4.78 is 21.6. The van der Waals surface area contributed by atoms with E-state index in [0.717, 1.165) is 30.4 Å². The minimum Gasteiger partial charge on any atom is -0.444 e. The molecule has 0 unspecified atom stereocenters. The number of hydrogen-bond donors (Lipinski definition) is 1. The number of carbonyl (C=O) groups excluding carboxylic acids is 1. The van der Waals surface area contributed by atoms with Crippen LogP contribution in [0.1, 0.15) is 71.6 Å². The Bertz CT molecular complexity index is 884. The average Bonchev–Trinajstić information content (AvgIpc) is 2.92. The molecule has 0 saturated carbocycles. The lowest BCUT2D eigenvalue weighted by Crippen LogP contribution is -2.49. The van der Waals surface area contributed by atoms with Crippen molar-refractivity contribution in [2.45, 2.75) is 77.2 Å². The summed E-state index contributed by atoms with van der Waals surface area (Å²) >= 11 is 0. The molecule has 0 radical (unpaired) electrons. The molecule has 30 heavy (non-hydrogen) atoms. The van der Waals surface area contributed by atoms with Crippen molar-refractivity contribution in [3.8, 4) is 0 Å². The Morgan fingerprint density at radius 3 is 2.40 bits per heavy atom. The number of amides is 1. The summed E-state index contributed by atoms with van der Waals surface area (Å²) in [6.45, 7) is 20.1. The second-order valence-corrected chi connectivity index (χ2v) is 12.4. The predicted octanol–water partition coefficient (Wildman–Crippen LogP) is 4.90. The molecular weight excluding hydrogens is 398 g/mol. The maximum atomic E-state index is 13.0. The minimum atomic E-state index is -1.22. The summed E-state index contributed by atoms with van der Waals surface area (Å²) in [5.74, 6) is 0. The summed E-state index contributed by atoms with van der Waals surface area (Å²) in [4.78, 5) is 17.9. The third-order valence-corrected chi connectivity index (χ3v) is 7.48. The molecule has 1 aromatic carbocycles. The molecular formula is C23H33N3O3S. The Hall–Kier alpha value is -1.91. The second-order valence-electron chi connectivity index (χ2n) is 10.4. The number of piperidine rings is 1. The van der Waals surface area contributed by atoms with Gasteiger partial charge < -0.3 is 9.64 Å². The van der Waals surface area contributed by atoms with Crippen molar-refractivity contribution < 1.29 is 13.7 Å². The Balaban J connectivity index is 1.85. The standard InChI is InChI=1S/C23H33N3O3S/c1-21(2,3)29-20(27)26-12-10-23(11-13-26)15-16-14-17(24-7)8-9-18(16)19(23)25-30(28)22(4,5)6/h8-9,14,19,25H,10-13,15H2,1-6H3/t19-,30-/m1/s1. The van der Waals surface area contributed by atoms with Gasteiger partial charge in [-0.3, -0.25) is 0 Å². The van der Waals surface area contributed by atoms with Gasteiger partial charge in [-0.15, -0.1) is 0 Å². The van der Waals surface area contributed by atoms with Crippen molar-refractivity contribution in [2.24, 2.45) is 5.41 Å². The van der Waals surface area contributed by atoms with Crippen LogP contribution in [-0.4, -0.2) is 38.6 Å². The van der Waals surface area contributed by atoms with E-state index >= 15 is 0 Å². The first-order valence-corrected chi connectivity index (χ1v) is 11.7. The molecule has 7 heteroatoms. The third-order valence-electron chi connectivity index (χ3n) is 5.91. The molecule has 0 bridgehead atoms. The number of fused-ring (bicyclic) bond motifs is 1. The number of ether oxygens (including phenoxy) is 1. The van der Waals surface area contributed by atoms with Gasteiger partial charge in [0.15, 0.2) is 5.69 Å². The van der Waals surface area contributed by atoms with Gasteiger partial charge in [0.25, 0.3) is 0 Å². The molecule has 2 atom stereocenters. The van der Waals surface area contributed by atoms with Gasteiger partial charge in [-0.05, 0) is 71.8 Å². The molecule has 1 aromatic rings. The number of nitrogens with one attached hydrogen (secondary N) is 1. The number of likely N-dealkylation sites (tertiary alicyclic amines) is 1. The van der Waals surface area contributed by atoms with Gasteiger partial charge in [-0.2, -0.15) is 0 Å². The van der Waals surface area contributed by atoms with Crippen molar-refractivity contribution in [1.82, 2.24) is 9.62 Å². The monoisotopic (exact) mass is 431 g/mol. The van der Waals surface area contributed by atoms with Crippen LogP contribution in [0.4, 0.5) is 10.5 Å². The molecule has 1 aliphatic heterocycles. The van der Waals surface area contributed by atoms with Crippen LogP contribution in [0.5, 0.6) is 0 Å². The van der Waals surface area contributed by atoms with E-state index in [1.54, 1.807) is 4.90 Å². The molecule has 1 spiro atoms. The van der Waals surface area contributed by atoms with Crippen LogP contribution in [0.3, 0.4) is 0 Å². The summed E-state index contributed by atoms with van der Waals surface area (Å²) in [6, 6.07) is 5.75. The molecule has 1 N–H and O–H groups in total. The van der Waals surface area contributed by atoms with Crippen molar-refractivity contribution >= 4 is 22.8 Å². The molecule has 1 aliphatic carbocycles. The maximum absolute atomic E-state index is 13.0. The highest BCUT2D eigenvalue weighted by atomic mass is 32.2. The zero-order valence-corrected chi connectivity index (χ0v) is 19.7. The van der Waals surface area contributed by atoms with Crippen LogP contribution in [0, 0.1) is 12.0 Å². The largest absolute Gasteiger partial charge is 0.444 e. The first-order valence-electron chi connectivity index (χ1n) is 10.5. The first kappa shape index (κ1) is 22.8. The number of carbonyl (C=O) groups is 1. The summed E-state index contributed by atoms with van der Waals surface area (Å²) in [6.07, 6.45) is 2.15. The predicted molar refractivity (Wildman–Crippen MR) is 120 cm³/mol. The smallest absolute Gasteiger partial charge is 0.410 e. The van der Waals surface area contributed by atoms with Gasteiger partial charge >= 0.3 is 6.09 Å². The van der Waals surface area contributed by atoms with Gasteiger partial charge in [0.1, 0.15) is 5.60 Å². The van der Waals surface area contributed by atoms with Crippen molar-refractivity contribution in [3.05, 3.63) is 40.7 Å².